The highest BCUT2D eigenvalue weighted by molar-refractivity contribution is 5.72. The Morgan fingerprint density at radius 3 is 2.31 bits per heavy atom. The molecule has 0 saturated heterocycles. The van der Waals surface area contributed by atoms with Gasteiger partial charge in [0, 0.05) is 20.1 Å². The van der Waals surface area contributed by atoms with Crippen LogP contribution in [0.2, 0.25) is 0 Å². The number of ether oxygens (including phenoxy) is 2. The van der Waals surface area contributed by atoms with Gasteiger partial charge in [0.25, 0.3) is 0 Å². The van der Waals surface area contributed by atoms with Gasteiger partial charge in [-0.1, -0.05) is 84.4 Å². The minimum absolute atomic E-state index is 0.155. The number of likely N-dealkylation sites (N-methyl/N-ethyl adjacent to an activating group) is 1. The molecule has 5 heteroatoms. The number of methoxy groups -OCH3 is 1. The zero-order chi connectivity index (χ0) is 29.5. The number of nitrogens with zero attached hydrogens (tertiary/aromatic N) is 1. The van der Waals surface area contributed by atoms with Crippen LogP contribution in [0.5, 0.6) is 5.75 Å². The minimum atomic E-state index is -0.957. The molecule has 0 fully saturated rings. The number of hydrogen-bond acceptors (Lipinski definition) is 4. The summed E-state index contributed by atoms with van der Waals surface area (Å²) < 4.78 is 11.2. The molecule has 4 aromatic carbocycles. The van der Waals surface area contributed by atoms with Crippen molar-refractivity contribution in [2.45, 2.75) is 51.2 Å². The summed E-state index contributed by atoms with van der Waals surface area (Å²) in [5.41, 5.74) is 10.6. The lowest BCUT2D eigenvalue weighted by molar-refractivity contribution is -0.148. The summed E-state index contributed by atoms with van der Waals surface area (Å²) in [7, 11) is 3.62. The highest BCUT2D eigenvalue weighted by Crippen LogP contribution is 2.37. The molecule has 0 radical (unpaired) electrons. The second kappa shape index (κ2) is 13.8. The summed E-state index contributed by atoms with van der Waals surface area (Å²) in [6.45, 7) is 3.49. The summed E-state index contributed by atoms with van der Waals surface area (Å²) >= 11 is 0. The summed E-state index contributed by atoms with van der Waals surface area (Å²) in [6.07, 6.45) is 3.62. The van der Waals surface area contributed by atoms with Crippen molar-refractivity contribution in [1.29, 1.82) is 0 Å². The zero-order valence-corrected chi connectivity index (χ0v) is 24.9. The van der Waals surface area contributed by atoms with Crippen LogP contribution < -0.4 is 4.74 Å². The number of benzene rings is 4. The molecule has 5 rings (SSSR count). The lowest BCUT2D eigenvalue weighted by Gasteiger charge is -2.31. The third kappa shape index (κ3) is 7.28. The summed E-state index contributed by atoms with van der Waals surface area (Å²) in [6, 6.07) is 32.5. The monoisotopic (exact) mass is 563 g/mol. The van der Waals surface area contributed by atoms with Crippen molar-refractivity contribution in [3.05, 3.63) is 136 Å². The predicted octanol–water partition coefficient (Wildman–Crippen LogP) is 6.62. The Balaban J connectivity index is 1.31. The SMILES string of the molecule is COC(Cc1ccc(OCCN(C)C2c3ccc(C)cc3CCc3ccc(CCc4ccccc4)cc32)cc1)C(=O)O. The largest absolute Gasteiger partial charge is 0.492 e. The number of carboxylic acids is 1. The molecule has 2 unspecified atom stereocenters. The first-order valence-electron chi connectivity index (χ1n) is 14.8. The normalized spacial score (nSPS) is 15.0. The van der Waals surface area contributed by atoms with E-state index < -0.39 is 12.1 Å². The fourth-order valence-corrected chi connectivity index (χ4v) is 5.99. The van der Waals surface area contributed by atoms with E-state index in [0.29, 0.717) is 13.0 Å². The van der Waals surface area contributed by atoms with Crippen molar-refractivity contribution < 1.29 is 19.4 Å². The Kier molecular flexibility index (Phi) is 9.73. The Morgan fingerprint density at radius 1 is 0.857 bits per heavy atom. The van der Waals surface area contributed by atoms with Gasteiger partial charge in [0.1, 0.15) is 12.4 Å². The molecule has 42 heavy (non-hydrogen) atoms. The molecule has 218 valence electrons. The summed E-state index contributed by atoms with van der Waals surface area (Å²) in [4.78, 5) is 13.7. The second-order valence-electron chi connectivity index (χ2n) is 11.4. The van der Waals surface area contributed by atoms with Gasteiger partial charge in [0.05, 0.1) is 6.04 Å². The number of rotatable bonds is 12. The first kappa shape index (κ1) is 29.6. The van der Waals surface area contributed by atoms with Crippen LogP contribution in [-0.4, -0.2) is 49.4 Å². The van der Waals surface area contributed by atoms with E-state index in [1.54, 1.807) is 0 Å². The molecule has 0 bridgehead atoms. The average molecular weight is 564 g/mol. The second-order valence-corrected chi connectivity index (χ2v) is 11.4. The average Bonchev–Trinajstić information content (AvgIpc) is 3.16. The Bertz CT molecular complexity index is 1480. The molecule has 0 spiro atoms. The number of fused-ring (bicyclic) bond motifs is 2. The molecule has 1 N–H and O–H groups in total. The highest BCUT2D eigenvalue weighted by Gasteiger charge is 2.27. The van der Waals surface area contributed by atoms with Gasteiger partial charge in [0.15, 0.2) is 6.10 Å². The van der Waals surface area contributed by atoms with Crippen LogP contribution in [0.1, 0.15) is 50.5 Å². The molecule has 0 heterocycles. The van der Waals surface area contributed by atoms with Crippen molar-refractivity contribution >= 4 is 5.97 Å². The van der Waals surface area contributed by atoms with E-state index >= 15 is 0 Å². The van der Waals surface area contributed by atoms with Crippen LogP contribution >= 0.6 is 0 Å². The third-order valence-electron chi connectivity index (χ3n) is 8.36. The number of carbonyl (C=O) groups is 1. The number of carboxylic acid groups (broad SMARTS) is 1. The van der Waals surface area contributed by atoms with Crippen molar-refractivity contribution in [2.75, 3.05) is 27.3 Å². The minimum Gasteiger partial charge on any atom is -0.492 e. The fourth-order valence-electron chi connectivity index (χ4n) is 5.99. The lowest BCUT2D eigenvalue weighted by Crippen LogP contribution is -2.30. The van der Waals surface area contributed by atoms with E-state index in [0.717, 1.165) is 43.5 Å². The van der Waals surface area contributed by atoms with Crippen LogP contribution in [0, 0.1) is 6.92 Å². The van der Waals surface area contributed by atoms with Crippen LogP contribution in [0.3, 0.4) is 0 Å². The molecule has 0 amide bonds. The Hall–Kier alpha value is -3.93. The number of aliphatic carboxylic acids is 1. The van der Waals surface area contributed by atoms with Gasteiger partial charge < -0.3 is 14.6 Å². The van der Waals surface area contributed by atoms with E-state index in [-0.39, 0.29) is 6.04 Å². The number of hydrogen-bond donors (Lipinski definition) is 1. The molecule has 5 nitrogen and oxygen atoms in total. The van der Waals surface area contributed by atoms with Crippen molar-refractivity contribution in [2.24, 2.45) is 0 Å². The van der Waals surface area contributed by atoms with Gasteiger partial charge in [-0.2, -0.15) is 0 Å². The highest BCUT2D eigenvalue weighted by atomic mass is 16.5. The third-order valence-corrected chi connectivity index (χ3v) is 8.36. The van der Waals surface area contributed by atoms with Crippen molar-refractivity contribution in [3.8, 4) is 5.75 Å². The Labute approximate surface area is 249 Å². The lowest BCUT2D eigenvalue weighted by atomic mass is 9.90. The van der Waals surface area contributed by atoms with Gasteiger partial charge in [-0.3, -0.25) is 4.90 Å². The standard InChI is InChI=1S/C37H41NO4/c1-26-9-20-33-31(23-26)17-16-30-15-12-28(11-10-27-7-5-4-6-8-27)24-34(30)36(33)38(2)21-22-42-32-18-13-29(14-19-32)25-35(41-3)37(39)40/h4-9,12-15,18-20,23-24,35-36H,10-11,16-17,21-22,25H2,1-3H3,(H,39,40). The van der Waals surface area contributed by atoms with Gasteiger partial charge in [-0.05, 0) is 90.7 Å². The van der Waals surface area contributed by atoms with E-state index in [9.17, 15) is 9.90 Å². The predicted molar refractivity (Wildman–Crippen MR) is 167 cm³/mol. The maximum absolute atomic E-state index is 11.3. The van der Waals surface area contributed by atoms with Gasteiger partial charge in [-0.15, -0.1) is 0 Å². The summed E-state index contributed by atoms with van der Waals surface area (Å²) in [5, 5.41) is 9.25. The van der Waals surface area contributed by atoms with Gasteiger partial charge in [-0.25, -0.2) is 4.79 Å². The van der Waals surface area contributed by atoms with Crippen molar-refractivity contribution in [1.82, 2.24) is 4.90 Å². The molecular formula is C37H41NO4. The Morgan fingerprint density at radius 2 is 1.57 bits per heavy atom. The molecular weight excluding hydrogens is 522 g/mol. The maximum Gasteiger partial charge on any atom is 0.333 e. The van der Waals surface area contributed by atoms with Crippen LogP contribution in [0.15, 0.2) is 91.0 Å². The topological polar surface area (TPSA) is 59.0 Å². The maximum atomic E-state index is 11.3. The zero-order valence-electron chi connectivity index (χ0n) is 24.9. The molecule has 0 saturated carbocycles. The fraction of sp³-hybridized carbons (Fsp3) is 0.324. The van der Waals surface area contributed by atoms with E-state index in [1.165, 1.54) is 46.1 Å². The first-order valence-corrected chi connectivity index (χ1v) is 14.8. The molecule has 1 aliphatic carbocycles. The van der Waals surface area contributed by atoms with E-state index in [4.69, 9.17) is 9.47 Å². The van der Waals surface area contributed by atoms with Crippen LogP contribution in [0.4, 0.5) is 0 Å². The molecule has 2 atom stereocenters. The molecule has 4 aromatic rings. The van der Waals surface area contributed by atoms with Gasteiger partial charge >= 0.3 is 5.97 Å². The van der Waals surface area contributed by atoms with Crippen molar-refractivity contribution in [3.63, 3.8) is 0 Å². The first-order chi connectivity index (χ1) is 20.4. The summed E-state index contributed by atoms with van der Waals surface area (Å²) in [5.74, 6) is -0.182. The van der Waals surface area contributed by atoms with Crippen LogP contribution in [-0.2, 0) is 41.6 Å². The molecule has 0 aromatic heterocycles. The number of aryl methyl sites for hydroxylation is 5. The van der Waals surface area contributed by atoms with E-state index in [1.807, 2.05) is 24.3 Å². The molecule has 0 aliphatic heterocycles. The smallest absolute Gasteiger partial charge is 0.333 e. The van der Waals surface area contributed by atoms with E-state index in [2.05, 4.69) is 85.6 Å². The molecule has 1 aliphatic rings. The quantitative estimate of drug-likeness (QED) is 0.210. The van der Waals surface area contributed by atoms with Crippen LogP contribution in [0.25, 0.3) is 0 Å². The van der Waals surface area contributed by atoms with Gasteiger partial charge in [0.2, 0.25) is 0 Å².